The van der Waals surface area contributed by atoms with Crippen LogP contribution < -0.4 is 11.0 Å². The molecule has 156 valence electrons. The first-order chi connectivity index (χ1) is 14.0. The van der Waals surface area contributed by atoms with E-state index in [0.29, 0.717) is 26.2 Å². The molecule has 4 rings (SSSR count). The number of amides is 3. The van der Waals surface area contributed by atoms with Crippen LogP contribution in [0.4, 0.5) is 4.79 Å². The largest absolute Gasteiger partial charge is 0.338 e. The summed E-state index contributed by atoms with van der Waals surface area (Å²) in [4.78, 5) is 41.4. The van der Waals surface area contributed by atoms with Crippen LogP contribution in [0, 0.1) is 0 Å². The molecule has 0 spiro atoms. The van der Waals surface area contributed by atoms with E-state index in [9.17, 15) is 14.4 Å². The number of rotatable bonds is 3. The average Bonchev–Trinajstić information content (AvgIpc) is 2.99. The van der Waals surface area contributed by atoms with Crippen LogP contribution in [-0.2, 0) is 18.4 Å². The highest BCUT2D eigenvalue weighted by molar-refractivity contribution is 5.81. The van der Waals surface area contributed by atoms with Crippen molar-refractivity contribution in [1.29, 1.82) is 0 Å². The van der Waals surface area contributed by atoms with Crippen LogP contribution in [0.1, 0.15) is 32.1 Å². The van der Waals surface area contributed by atoms with Crippen molar-refractivity contribution in [3.8, 4) is 0 Å². The van der Waals surface area contributed by atoms with Crippen LogP contribution in [0.2, 0.25) is 0 Å². The molecule has 1 N–H and O–H groups in total. The Balaban J connectivity index is 1.34. The molecule has 0 atom stereocenters. The Kier molecular flexibility index (Phi) is 5.60. The predicted octanol–water partition coefficient (Wildman–Crippen LogP) is 1.53. The second-order valence-electron chi connectivity index (χ2n) is 8.07. The number of fused-ring (bicyclic) bond motifs is 1. The third kappa shape index (κ3) is 4.02. The van der Waals surface area contributed by atoms with E-state index < -0.39 is 0 Å². The van der Waals surface area contributed by atoms with Gasteiger partial charge in [0.25, 0.3) is 0 Å². The van der Waals surface area contributed by atoms with Gasteiger partial charge in [-0.3, -0.25) is 13.9 Å². The maximum atomic E-state index is 12.8. The summed E-state index contributed by atoms with van der Waals surface area (Å²) < 4.78 is 3.09. The number of imidazole rings is 1. The van der Waals surface area contributed by atoms with Gasteiger partial charge in [0, 0.05) is 39.3 Å². The van der Waals surface area contributed by atoms with Crippen LogP contribution in [0.15, 0.2) is 29.1 Å². The number of aryl methyl sites for hydroxylation is 1. The summed E-state index contributed by atoms with van der Waals surface area (Å²) in [5.74, 6) is -0.0872. The Morgan fingerprint density at radius 2 is 1.59 bits per heavy atom. The first-order valence-corrected chi connectivity index (χ1v) is 10.5. The van der Waals surface area contributed by atoms with E-state index in [-0.39, 0.29) is 30.2 Å². The third-order valence-corrected chi connectivity index (χ3v) is 6.20. The molecular weight excluding hydrogens is 370 g/mol. The van der Waals surface area contributed by atoms with Crippen LogP contribution in [0.3, 0.4) is 0 Å². The fourth-order valence-electron chi connectivity index (χ4n) is 4.42. The van der Waals surface area contributed by atoms with E-state index in [1.807, 2.05) is 24.3 Å². The Bertz CT molecular complexity index is 949. The van der Waals surface area contributed by atoms with E-state index in [1.165, 1.54) is 23.8 Å². The molecule has 2 aliphatic rings. The maximum Gasteiger partial charge on any atom is 0.329 e. The van der Waals surface area contributed by atoms with E-state index in [0.717, 1.165) is 23.9 Å². The molecule has 0 bridgehead atoms. The summed E-state index contributed by atoms with van der Waals surface area (Å²) in [6.07, 6.45) is 5.74. The van der Waals surface area contributed by atoms with E-state index in [1.54, 1.807) is 21.4 Å². The number of urea groups is 1. The predicted molar refractivity (Wildman–Crippen MR) is 111 cm³/mol. The van der Waals surface area contributed by atoms with Crippen molar-refractivity contribution >= 4 is 23.0 Å². The number of hydrogen-bond donors (Lipinski definition) is 1. The minimum absolute atomic E-state index is 0.0192. The van der Waals surface area contributed by atoms with Gasteiger partial charge in [0.2, 0.25) is 5.91 Å². The second-order valence-corrected chi connectivity index (χ2v) is 8.07. The van der Waals surface area contributed by atoms with Crippen LogP contribution in [0.25, 0.3) is 11.0 Å². The normalized spacial score (nSPS) is 18.2. The highest BCUT2D eigenvalue weighted by atomic mass is 16.2. The van der Waals surface area contributed by atoms with Gasteiger partial charge in [0.05, 0.1) is 11.0 Å². The molecule has 29 heavy (non-hydrogen) atoms. The van der Waals surface area contributed by atoms with Gasteiger partial charge in [-0.1, -0.05) is 31.4 Å². The van der Waals surface area contributed by atoms with Gasteiger partial charge in [-0.25, -0.2) is 9.59 Å². The van der Waals surface area contributed by atoms with Gasteiger partial charge in [0.15, 0.2) is 0 Å². The van der Waals surface area contributed by atoms with Crippen molar-refractivity contribution in [3.63, 3.8) is 0 Å². The van der Waals surface area contributed by atoms with E-state index in [4.69, 9.17) is 0 Å². The first-order valence-electron chi connectivity index (χ1n) is 10.5. The van der Waals surface area contributed by atoms with Gasteiger partial charge in [-0.05, 0) is 25.0 Å². The standard InChI is InChI=1S/C21H29N5O3/c1-23-17-9-5-6-10-18(17)26(21(23)29)15-19(27)24-11-13-25(14-12-24)20(28)22-16-7-3-2-4-8-16/h5-6,9-10,16H,2-4,7-8,11-15H2,1H3,(H,22,28). The Labute approximate surface area is 170 Å². The molecule has 0 unspecified atom stereocenters. The van der Waals surface area contributed by atoms with E-state index in [2.05, 4.69) is 5.32 Å². The molecule has 2 aromatic rings. The number of carbonyl (C=O) groups is 2. The van der Waals surface area contributed by atoms with Crippen molar-refractivity contribution in [2.75, 3.05) is 26.2 Å². The zero-order chi connectivity index (χ0) is 20.4. The Morgan fingerprint density at radius 3 is 2.28 bits per heavy atom. The van der Waals surface area contributed by atoms with Crippen molar-refractivity contribution in [3.05, 3.63) is 34.7 Å². The third-order valence-electron chi connectivity index (χ3n) is 6.20. The van der Waals surface area contributed by atoms with Crippen molar-refractivity contribution < 1.29 is 9.59 Å². The molecular formula is C21H29N5O3. The summed E-state index contributed by atoms with van der Waals surface area (Å²) in [6.45, 7) is 2.06. The monoisotopic (exact) mass is 399 g/mol. The number of hydrogen-bond acceptors (Lipinski definition) is 3. The van der Waals surface area contributed by atoms with Gasteiger partial charge < -0.3 is 15.1 Å². The first kappa shape index (κ1) is 19.5. The summed E-state index contributed by atoms with van der Waals surface area (Å²) in [6, 6.07) is 7.75. The average molecular weight is 399 g/mol. The number of carbonyl (C=O) groups excluding carboxylic acids is 2. The number of nitrogens with one attached hydrogen (secondary N) is 1. The lowest BCUT2D eigenvalue weighted by Gasteiger charge is -2.36. The Hall–Kier alpha value is -2.77. The summed E-state index contributed by atoms with van der Waals surface area (Å²) >= 11 is 0. The van der Waals surface area contributed by atoms with Gasteiger partial charge in [-0.15, -0.1) is 0 Å². The quantitative estimate of drug-likeness (QED) is 0.850. The van der Waals surface area contributed by atoms with Crippen molar-refractivity contribution in [2.24, 2.45) is 7.05 Å². The maximum absolute atomic E-state index is 12.8. The molecule has 1 saturated carbocycles. The molecule has 1 aromatic carbocycles. The molecule has 2 heterocycles. The fraction of sp³-hybridized carbons (Fsp3) is 0.571. The summed E-state index contributed by atoms with van der Waals surface area (Å²) in [7, 11) is 1.72. The minimum Gasteiger partial charge on any atom is -0.338 e. The molecule has 1 aliphatic heterocycles. The summed E-state index contributed by atoms with van der Waals surface area (Å²) in [5.41, 5.74) is 1.39. The number of para-hydroxylation sites is 2. The highest BCUT2D eigenvalue weighted by Crippen LogP contribution is 2.18. The van der Waals surface area contributed by atoms with Crippen LogP contribution >= 0.6 is 0 Å². The molecule has 1 aliphatic carbocycles. The SMILES string of the molecule is Cn1c(=O)n(CC(=O)N2CCN(C(=O)NC3CCCCC3)CC2)c2ccccc21. The van der Waals surface area contributed by atoms with Crippen LogP contribution in [0.5, 0.6) is 0 Å². The van der Waals surface area contributed by atoms with Gasteiger partial charge in [-0.2, -0.15) is 0 Å². The topological polar surface area (TPSA) is 79.6 Å². The number of aromatic nitrogens is 2. The van der Waals surface area contributed by atoms with E-state index >= 15 is 0 Å². The number of benzene rings is 1. The second kappa shape index (κ2) is 8.31. The van der Waals surface area contributed by atoms with Crippen molar-refractivity contribution in [2.45, 2.75) is 44.7 Å². The molecule has 1 saturated heterocycles. The molecule has 8 heteroatoms. The number of nitrogens with zero attached hydrogens (tertiary/aromatic N) is 4. The molecule has 3 amide bonds. The molecule has 1 aromatic heterocycles. The molecule has 0 radical (unpaired) electrons. The minimum atomic E-state index is -0.190. The Morgan fingerprint density at radius 1 is 0.966 bits per heavy atom. The van der Waals surface area contributed by atoms with Gasteiger partial charge in [0.1, 0.15) is 6.54 Å². The lowest BCUT2D eigenvalue weighted by molar-refractivity contribution is -0.133. The zero-order valence-electron chi connectivity index (χ0n) is 17.0. The molecule has 2 fully saturated rings. The van der Waals surface area contributed by atoms with Crippen molar-refractivity contribution in [1.82, 2.24) is 24.3 Å². The lowest BCUT2D eigenvalue weighted by atomic mass is 9.96. The highest BCUT2D eigenvalue weighted by Gasteiger charge is 2.26. The lowest BCUT2D eigenvalue weighted by Crippen LogP contribution is -2.55. The zero-order valence-corrected chi connectivity index (χ0v) is 17.0. The smallest absolute Gasteiger partial charge is 0.329 e. The van der Waals surface area contributed by atoms with Gasteiger partial charge >= 0.3 is 11.7 Å². The van der Waals surface area contributed by atoms with Crippen LogP contribution in [-0.4, -0.2) is 63.1 Å². The number of piperazine rings is 1. The summed E-state index contributed by atoms with van der Waals surface area (Å²) in [5, 5.41) is 3.14. The molecule has 8 nitrogen and oxygen atoms in total. The fourth-order valence-corrected chi connectivity index (χ4v) is 4.42.